The van der Waals surface area contributed by atoms with Gasteiger partial charge in [-0.1, -0.05) is 11.6 Å². The summed E-state index contributed by atoms with van der Waals surface area (Å²) in [5.74, 6) is -0.235. The first-order valence-electron chi connectivity index (χ1n) is 4.15. The monoisotopic (exact) mass is 231 g/mol. The van der Waals surface area contributed by atoms with Crippen molar-refractivity contribution in [2.24, 2.45) is 0 Å². The first-order valence-corrected chi connectivity index (χ1v) is 4.91. The molecule has 1 aromatic rings. The van der Waals surface area contributed by atoms with E-state index in [9.17, 15) is 4.79 Å². The maximum absolute atomic E-state index is 11.4. The average molecular weight is 232 g/mol. The molecule has 1 N–H and O–H groups in total. The number of halogens is 2. The van der Waals surface area contributed by atoms with Crippen LogP contribution in [0.25, 0.3) is 0 Å². The molecule has 4 heteroatoms. The smallest absolute Gasteiger partial charge is 0.244 e. The third-order valence-corrected chi connectivity index (χ3v) is 2.07. The van der Waals surface area contributed by atoms with Crippen molar-refractivity contribution in [3.63, 3.8) is 0 Å². The van der Waals surface area contributed by atoms with Crippen molar-refractivity contribution >= 4 is 34.8 Å². The van der Waals surface area contributed by atoms with Gasteiger partial charge in [0.05, 0.1) is 0 Å². The number of hydrogen-bond donors (Lipinski definition) is 1. The number of alkyl halides is 1. The zero-order valence-corrected chi connectivity index (χ0v) is 9.49. The Morgan fingerprint density at radius 2 is 1.79 bits per heavy atom. The fraction of sp³-hybridized carbons (Fsp3) is 0.300. The van der Waals surface area contributed by atoms with Gasteiger partial charge in [0.15, 0.2) is 0 Å². The molecule has 0 aliphatic heterocycles. The standard InChI is InChI=1S/C10H11Cl2NO/c1-10(2,12)9(14)13-8-5-3-7(11)4-6-8/h3-6H,1-2H3,(H,13,14). The summed E-state index contributed by atoms with van der Waals surface area (Å²) in [6.07, 6.45) is 0. The minimum absolute atomic E-state index is 0.235. The Balaban J connectivity index is 2.71. The second-order valence-electron chi connectivity index (χ2n) is 3.43. The van der Waals surface area contributed by atoms with Gasteiger partial charge in [0.1, 0.15) is 4.87 Å². The van der Waals surface area contributed by atoms with Crippen LogP contribution >= 0.6 is 23.2 Å². The Morgan fingerprint density at radius 1 is 1.29 bits per heavy atom. The predicted molar refractivity (Wildman–Crippen MR) is 60.0 cm³/mol. The fourth-order valence-corrected chi connectivity index (χ4v) is 0.986. The summed E-state index contributed by atoms with van der Waals surface area (Å²) in [6.45, 7) is 3.28. The van der Waals surface area contributed by atoms with Crippen LogP contribution in [0.3, 0.4) is 0 Å². The zero-order valence-electron chi connectivity index (χ0n) is 7.97. The van der Waals surface area contributed by atoms with E-state index in [1.807, 2.05) is 0 Å². The van der Waals surface area contributed by atoms with E-state index in [0.29, 0.717) is 10.7 Å². The van der Waals surface area contributed by atoms with Crippen LogP contribution in [0.15, 0.2) is 24.3 Å². The van der Waals surface area contributed by atoms with Crippen molar-refractivity contribution in [3.05, 3.63) is 29.3 Å². The highest BCUT2D eigenvalue weighted by Crippen LogP contribution is 2.18. The number of nitrogens with one attached hydrogen (secondary N) is 1. The van der Waals surface area contributed by atoms with Crippen LogP contribution in [0.1, 0.15) is 13.8 Å². The number of rotatable bonds is 2. The van der Waals surface area contributed by atoms with Crippen LogP contribution in [0.5, 0.6) is 0 Å². The van der Waals surface area contributed by atoms with E-state index in [-0.39, 0.29) is 5.91 Å². The largest absolute Gasteiger partial charge is 0.325 e. The number of amides is 1. The third kappa shape index (κ3) is 3.20. The summed E-state index contributed by atoms with van der Waals surface area (Å²) in [4.78, 5) is 10.5. The SMILES string of the molecule is CC(C)(Cl)C(=O)Nc1ccc(Cl)cc1. The summed E-state index contributed by atoms with van der Waals surface area (Å²) in [7, 11) is 0. The van der Waals surface area contributed by atoms with E-state index in [1.165, 1.54) is 0 Å². The second-order valence-corrected chi connectivity index (χ2v) is 4.81. The van der Waals surface area contributed by atoms with Crippen LogP contribution in [-0.2, 0) is 4.79 Å². The van der Waals surface area contributed by atoms with Crippen molar-refractivity contribution in [2.75, 3.05) is 5.32 Å². The second kappa shape index (κ2) is 4.20. The van der Waals surface area contributed by atoms with Crippen LogP contribution in [0.2, 0.25) is 5.02 Å². The fourth-order valence-electron chi connectivity index (χ4n) is 0.813. The van der Waals surface area contributed by atoms with Gasteiger partial charge in [-0.05, 0) is 38.1 Å². The summed E-state index contributed by atoms with van der Waals surface area (Å²) >= 11 is 11.5. The highest BCUT2D eigenvalue weighted by atomic mass is 35.5. The summed E-state index contributed by atoms with van der Waals surface area (Å²) in [5.41, 5.74) is 0.688. The lowest BCUT2D eigenvalue weighted by Gasteiger charge is -2.15. The lowest BCUT2D eigenvalue weighted by Crippen LogP contribution is -2.31. The average Bonchev–Trinajstić information content (AvgIpc) is 2.07. The first kappa shape index (κ1) is 11.3. The van der Waals surface area contributed by atoms with Crippen molar-refractivity contribution in [1.29, 1.82) is 0 Å². The zero-order chi connectivity index (χ0) is 10.8. The van der Waals surface area contributed by atoms with Gasteiger partial charge in [-0.15, -0.1) is 11.6 Å². The number of hydrogen-bond acceptors (Lipinski definition) is 1. The topological polar surface area (TPSA) is 29.1 Å². The molecule has 14 heavy (non-hydrogen) atoms. The highest BCUT2D eigenvalue weighted by Gasteiger charge is 2.23. The molecule has 0 aliphatic carbocycles. The Kier molecular flexibility index (Phi) is 3.40. The molecule has 0 spiro atoms. The molecule has 0 saturated heterocycles. The molecular formula is C10H11Cl2NO. The number of carbonyl (C=O) groups is 1. The number of anilines is 1. The molecule has 0 fully saturated rings. The maximum atomic E-state index is 11.4. The van der Waals surface area contributed by atoms with Gasteiger partial charge in [-0.25, -0.2) is 0 Å². The Labute approximate surface area is 93.2 Å². The molecule has 1 rings (SSSR count). The number of carbonyl (C=O) groups excluding carboxylic acids is 1. The van der Waals surface area contributed by atoms with Crippen LogP contribution in [-0.4, -0.2) is 10.8 Å². The molecule has 2 nitrogen and oxygen atoms in total. The van der Waals surface area contributed by atoms with Gasteiger partial charge in [-0.2, -0.15) is 0 Å². The first-order chi connectivity index (χ1) is 6.39. The molecule has 0 unspecified atom stereocenters. The molecule has 0 aromatic heterocycles. The van der Waals surface area contributed by atoms with Gasteiger partial charge in [0, 0.05) is 10.7 Å². The minimum Gasteiger partial charge on any atom is -0.325 e. The van der Waals surface area contributed by atoms with Crippen molar-refractivity contribution in [2.45, 2.75) is 18.7 Å². The van der Waals surface area contributed by atoms with Crippen LogP contribution in [0.4, 0.5) is 5.69 Å². The van der Waals surface area contributed by atoms with Crippen LogP contribution < -0.4 is 5.32 Å². The maximum Gasteiger partial charge on any atom is 0.244 e. The predicted octanol–water partition coefficient (Wildman–Crippen LogP) is 3.30. The van der Waals surface area contributed by atoms with E-state index in [2.05, 4.69) is 5.32 Å². The molecule has 0 radical (unpaired) electrons. The number of benzene rings is 1. The van der Waals surface area contributed by atoms with Gasteiger partial charge >= 0.3 is 0 Å². The lowest BCUT2D eigenvalue weighted by molar-refractivity contribution is -0.117. The quantitative estimate of drug-likeness (QED) is 0.778. The summed E-state index contributed by atoms with van der Waals surface area (Å²) in [5, 5.41) is 3.31. The molecule has 76 valence electrons. The summed E-state index contributed by atoms with van der Waals surface area (Å²) < 4.78 is 0. The molecule has 0 saturated carbocycles. The molecule has 0 atom stereocenters. The van der Waals surface area contributed by atoms with E-state index < -0.39 is 4.87 Å². The van der Waals surface area contributed by atoms with E-state index in [1.54, 1.807) is 38.1 Å². The van der Waals surface area contributed by atoms with E-state index in [4.69, 9.17) is 23.2 Å². The summed E-state index contributed by atoms with van der Waals surface area (Å²) in [6, 6.07) is 6.86. The highest BCUT2D eigenvalue weighted by molar-refractivity contribution is 6.36. The molecule has 0 aliphatic rings. The van der Waals surface area contributed by atoms with Crippen LogP contribution in [0, 0.1) is 0 Å². The van der Waals surface area contributed by atoms with Crippen molar-refractivity contribution < 1.29 is 4.79 Å². The molecule has 0 heterocycles. The Bertz CT molecular complexity index is 327. The normalized spacial score (nSPS) is 11.1. The molecule has 0 bridgehead atoms. The van der Waals surface area contributed by atoms with Gasteiger partial charge < -0.3 is 5.32 Å². The lowest BCUT2D eigenvalue weighted by atomic mass is 10.2. The Morgan fingerprint density at radius 3 is 2.21 bits per heavy atom. The van der Waals surface area contributed by atoms with Gasteiger partial charge in [0.2, 0.25) is 5.91 Å². The van der Waals surface area contributed by atoms with E-state index in [0.717, 1.165) is 0 Å². The Hall–Kier alpha value is -0.730. The van der Waals surface area contributed by atoms with Gasteiger partial charge in [-0.3, -0.25) is 4.79 Å². The van der Waals surface area contributed by atoms with Gasteiger partial charge in [0.25, 0.3) is 0 Å². The molecular weight excluding hydrogens is 221 g/mol. The van der Waals surface area contributed by atoms with E-state index >= 15 is 0 Å². The third-order valence-electron chi connectivity index (χ3n) is 1.64. The molecule has 1 amide bonds. The van der Waals surface area contributed by atoms with Crippen molar-refractivity contribution in [3.8, 4) is 0 Å². The minimum atomic E-state index is -0.903. The molecule has 1 aromatic carbocycles. The van der Waals surface area contributed by atoms with Crippen molar-refractivity contribution in [1.82, 2.24) is 0 Å².